The van der Waals surface area contributed by atoms with Crippen molar-refractivity contribution in [2.75, 3.05) is 6.61 Å². The molecule has 7 heteroatoms. The lowest BCUT2D eigenvalue weighted by molar-refractivity contribution is -0.123. The van der Waals surface area contributed by atoms with Gasteiger partial charge in [-0.2, -0.15) is 5.10 Å². The lowest BCUT2D eigenvalue weighted by Gasteiger charge is -2.04. The second kappa shape index (κ2) is 7.16. The molecule has 2 rings (SSSR count). The fourth-order valence-corrected chi connectivity index (χ4v) is 2.15. The quantitative estimate of drug-likeness (QED) is 0.663. The van der Waals surface area contributed by atoms with Gasteiger partial charge in [0.15, 0.2) is 6.61 Å². The molecule has 1 heterocycles. The van der Waals surface area contributed by atoms with Crippen molar-refractivity contribution < 1.29 is 9.53 Å². The molecular formula is C13H12BrN3O2S. The Labute approximate surface area is 128 Å². The summed E-state index contributed by atoms with van der Waals surface area (Å²) in [6.45, 7) is 1.82. The molecule has 104 valence electrons. The van der Waals surface area contributed by atoms with Crippen molar-refractivity contribution >= 4 is 39.4 Å². The molecule has 0 radical (unpaired) electrons. The summed E-state index contributed by atoms with van der Waals surface area (Å²) in [5.74, 6) is 0.304. The molecule has 0 spiro atoms. The number of thiazole rings is 1. The van der Waals surface area contributed by atoms with Crippen LogP contribution in [-0.2, 0) is 4.79 Å². The summed E-state index contributed by atoms with van der Waals surface area (Å²) in [5, 5.41) is 6.63. The smallest absolute Gasteiger partial charge is 0.277 e. The third kappa shape index (κ3) is 4.75. The fraction of sp³-hybridized carbons (Fsp3) is 0.154. The van der Waals surface area contributed by atoms with Crippen LogP contribution in [0.2, 0.25) is 0 Å². The molecule has 5 nitrogen and oxygen atoms in total. The van der Waals surface area contributed by atoms with Crippen LogP contribution >= 0.6 is 27.3 Å². The van der Waals surface area contributed by atoms with Crippen molar-refractivity contribution in [3.63, 3.8) is 0 Å². The summed E-state index contributed by atoms with van der Waals surface area (Å²) < 4.78 is 6.27. The second-order valence-electron chi connectivity index (χ2n) is 3.83. The number of aromatic nitrogens is 1. The number of aryl methyl sites for hydroxylation is 1. The van der Waals surface area contributed by atoms with E-state index in [0.29, 0.717) is 5.75 Å². The minimum Gasteiger partial charge on any atom is -0.484 e. The van der Waals surface area contributed by atoms with Gasteiger partial charge in [0.05, 0.1) is 16.9 Å². The zero-order chi connectivity index (χ0) is 14.4. The number of carbonyl (C=O) groups excluding carboxylic acids is 1. The third-order valence-electron chi connectivity index (χ3n) is 2.21. The first kappa shape index (κ1) is 14.7. The molecule has 0 unspecified atom stereocenters. The van der Waals surface area contributed by atoms with Gasteiger partial charge in [-0.05, 0) is 31.2 Å². The van der Waals surface area contributed by atoms with E-state index in [-0.39, 0.29) is 12.5 Å². The first-order valence-corrected chi connectivity index (χ1v) is 7.43. The van der Waals surface area contributed by atoms with Crippen LogP contribution in [0.1, 0.15) is 10.7 Å². The molecule has 1 amide bonds. The van der Waals surface area contributed by atoms with E-state index in [4.69, 9.17) is 4.74 Å². The van der Waals surface area contributed by atoms with Crippen LogP contribution in [0.5, 0.6) is 5.75 Å². The zero-order valence-corrected chi connectivity index (χ0v) is 13.1. The number of benzene rings is 1. The number of halogens is 1. The number of hydrogen-bond donors (Lipinski definition) is 1. The minimum absolute atomic E-state index is 0.0882. The maximum absolute atomic E-state index is 11.5. The lowest BCUT2D eigenvalue weighted by atomic mass is 10.3. The molecule has 0 aliphatic carbocycles. The highest BCUT2D eigenvalue weighted by Crippen LogP contribution is 2.15. The van der Waals surface area contributed by atoms with Gasteiger partial charge >= 0.3 is 0 Å². The number of hydrogen-bond acceptors (Lipinski definition) is 5. The maximum atomic E-state index is 11.5. The molecule has 0 saturated carbocycles. The van der Waals surface area contributed by atoms with Gasteiger partial charge in [-0.15, -0.1) is 11.3 Å². The van der Waals surface area contributed by atoms with Gasteiger partial charge in [0.2, 0.25) is 0 Å². The van der Waals surface area contributed by atoms with E-state index < -0.39 is 0 Å². The standard InChI is InChI=1S/C13H12BrN3O2S/c1-9-16-11(8-20-9)6-15-17-13(18)7-19-12-4-2-10(14)3-5-12/h2-6,8H,7H2,1H3,(H,17,18)/b15-6-. The van der Waals surface area contributed by atoms with Crippen LogP contribution in [0.25, 0.3) is 0 Å². The Hall–Kier alpha value is -1.73. The van der Waals surface area contributed by atoms with Crippen molar-refractivity contribution in [1.29, 1.82) is 0 Å². The van der Waals surface area contributed by atoms with Crippen molar-refractivity contribution in [3.05, 3.63) is 44.8 Å². The topological polar surface area (TPSA) is 63.6 Å². The largest absolute Gasteiger partial charge is 0.484 e. The van der Waals surface area contributed by atoms with Gasteiger partial charge in [0.25, 0.3) is 5.91 Å². The zero-order valence-electron chi connectivity index (χ0n) is 10.7. The van der Waals surface area contributed by atoms with Gasteiger partial charge in [0.1, 0.15) is 5.75 Å². The number of nitrogens with zero attached hydrogens (tertiary/aromatic N) is 2. The highest BCUT2D eigenvalue weighted by Gasteiger charge is 2.01. The van der Waals surface area contributed by atoms with Crippen LogP contribution in [0.3, 0.4) is 0 Å². The monoisotopic (exact) mass is 353 g/mol. The minimum atomic E-state index is -0.323. The first-order chi connectivity index (χ1) is 9.63. The number of nitrogens with one attached hydrogen (secondary N) is 1. The molecule has 1 N–H and O–H groups in total. The highest BCUT2D eigenvalue weighted by atomic mass is 79.9. The normalized spacial score (nSPS) is 10.7. The summed E-state index contributed by atoms with van der Waals surface area (Å²) >= 11 is 4.85. The predicted molar refractivity (Wildman–Crippen MR) is 82.2 cm³/mol. The van der Waals surface area contributed by atoms with Crippen molar-refractivity contribution in [2.24, 2.45) is 5.10 Å². The molecule has 1 aromatic heterocycles. The molecule has 20 heavy (non-hydrogen) atoms. The Kier molecular flexibility index (Phi) is 5.25. The Morgan fingerprint density at radius 1 is 1.50 bits per heavy atom. The van der Waals surface area contributed by atoms with Crippen LogP contribution in [0.15, 0.2) is 39.2 Å². The van der Waals surface area contributed by atoms with Gasteiger partial charge in [-0.25, -0.2) is 10.4 Å². The Morgan fingerprint density at radius 2 is 2.25 bits per heavy atom. The molecule has 0 saturated heterocycles. The number of amides is 1. The maximum Gasteiger partial charge on any atom is 0.277 e. The first-order valence-electron chi connectivity index (χ1n) is 5.76. The van der Waals surface area contributed by atoms with Crippen molar-refractivity contribution in [2.45, 2.75) is 6.92 Å². The third-order valence-corrected chi connectivity index (χ3v) is 3.53. The second-order valence-corrected chi connectivity index (χ2v) is 5.81. The van der Waals surface area contributed by atoms with E-state index in [9.17, 15) is 4.79 Å². The summed E-state index contributed by atoms with van der Waals surface area (Å²) in [5.41, 5.74) is 3.11. The number of rotatable bonds is 5. The molecule has 2 aromatic rings. The summed E-state index contributed by atoms with van der Waals surface area (Å²) in [4.78, 5) is 15.7. The van der Waals surface area contributed by atoms with Gasteiger partial charge in [-0.1, -0.05) is 15.9 Å². The Bertz CT molecular complexity index is 610. The number of carbonyl (C=O) groups is 1. The van der Waals surface area contributed by atoms with Crippen LogP contribution < -0.4 is 10.2 Å². The SMILES string of the molecule is Cc1nc(/C=N\NC(=O)COc2ccc(Br)cc2)cs1. The summed E-state index contributed by atoms with van der Waals surface area (Å²) in [7, 11) is 0. The molecule has 0 aliphatic heterocycles. The summed E-state index contributed by atoms with van der Waals surface area (Å²) in [6.07, 6.45) is 1.50. The Morgan fingerprint density at radius 3 is 2.90 bits per heavy atom. The van der Waals surface area contributed by atoms with E-state index in [1.54, 1.807) is 12.1 Å². The average Bonchev–Trinajstić information content (AvgIpc) is 2.84. The van der Waals surface area contributed by atoms with E-state index in [1.165, 1.54) is 17.6 Å². The van der Waals surface area contributed by atoms with Crippen molar-refractivity contribution in [3.8, 4) is 5.75 Å². The predicted octanol–water partition coefficient (Wildman–Crippen LogP) is 2.74. The molecule has 0 fully saturated rings. The van der Waals surface area contributed by atoms with Crippen molar-refractivity contribution in [1.82, 2.24) is 10.4 Å². The summed E-state index contributed by atoms with van der Waals surface area (Å²) in [6, 6.07) is 7.24. The van der Waals surface area contributed by atoms with Gasteiger partial charge < -0.3 is 4.74 Å². The van der Waals surface area contributed by atoms with Crippen LogP contribution in [-0.4, -0.2) is 23.7 Å². The average molecular weight is 354 g/mol. The van der Waals surface area contributed by atoms with E-state index in [2.05, 4.69) is 31.4 Å². The number of hydrazone groups is 1. The molecule has 1 aromatic carbocycles. The van der Waals surface area contributed by atoms with Gasteiger partial charge in [0, 0.05) is 9.85 Å². The van der Waals surface area contributed by atoms with Crippen LogP contribution in [0.4, 0.5) is 0 Å². The van der Waals surface area contributed by atoms with E-state index in [1.807, 2.05) is 24.4 Å². The highest BCUT2D eigenvalue weighted by molar-refractivity contribution is 9.10. The molecular weight excluding hydrogens is 342 g/mol. The van der Waals surface area contributed by atoms with Gasteiger partial charge in [-0.3, -0.25) is 4.79 Å². The van der Waals surface area contributed by atoms with E-state index >= 15 is 0 Å². The fourth-order valence-electron chi connectivity index (χ4n) is 1.32. The molecule has 0 aliphatic rings. The lowest BCUT2D eigenvalue weighted by Crippen LogP contribution is -2.24. The van der Waals surface area contributed by atoms with Crippen LogP contribution in [0, 0.1) is 6.92 Å². The Balaban J connectivity index is 1.75. The number of ether oxygens (including phenoxy) is 1. The van der Waals surface area contributed by atoms with E-state index in [0.717, 1.165) is 15.2 Å². The molecule has 0 bridgehead atoms. The molecule has 0 atom stereocenters.